The summed E-state index contributed by atoms with van der Waals surface area (Å²) in [4.78, 5) is 26.9. The zero-order valence-electron chi connectivity index (χ0n) is 12.9. The normalized spacial score (nSPS) is 21.1. The van der Waals surface area contributed by atoms with Crippen molar-refractivity contribution in [2.75, 3.05) is 32.7 Å². The number of piperazine rings is 1. The Balaban J connectivity index is 1.56. The van der Waals surface area contributed by atoms with E-state index in [-0.39, 0.29) is 12.5 Å². The predicted molar refractivity (Wildman–Crippen MR) is 80.2 cm³/mol. The molecule has 6 nitrogen and oxygen atoms in total. The van der Waals surface area contributed by atoms with E-state index < -0.39 is 5.97 Å². The lowest BCUT2D eigenvalue weighted by Gasteiger charge is -2.34. The Bertz CT molecular complexity index is 363. The Hall–Kier alpha value is -1.30. The first-order valence-corrected chi connectivity index (χ1v) is 8.05. The molecule has 1 aliphatic heterocycles. The fraction of sp³-hybridized carbons (Fsp3) is 0.867. The smallest absolute Gasteiger partial charge is 0.317 e. The van der Waals surface area contributed by atoms with Gasteiger partial charge >= 0.3 is 12.0 Å². The summed E-state index contributed by atoms with van der Waals surface area (Å²) in [6.07, 6.45) is 4.35. The lowest BCUT2D eigenvalue weighted by molar-refractivity contribution is -0.137. The van der Waals surface area contributed by atoms with E-state index in [4.69, 9.17) is 5.11 Å². The molecule has 0 bridgehead atoms. The van der Waals surface area contributed by atoms with Crippen LogP contribution in [-0.2, 0) is 4.79 Å². The molecule has 2 fully saturated rings. The van der Waals surface area contributed by atoms with Crippen LogP contribution in [0.1, 0.15) is 39.0 Å². The first kappa shape index (κ1) is 16.1. The number of rotatable bonds is 7. The first-order valence-electron chi connectivity index (χ1n) is 8.05. The van der Waals surface area contributed by atoms with Crippen LogP contribution < -0.4 is 5.32 Å². The van der Waals surface area contributed by atoms with Gasteiger partial charge in [-0.2, -0.15) is 0 Å². The molecular formula is C15H27N3O3. The van der Waals surface area contributed by atoms with E-state index in [1.54, 1.807) is 0 Å². The molecular weight excluding hydrogens is 270 g/mol. The Morgan fingerprint density at radius 1 is 1.19 bits per heavy atom. The molecule has 2 N–H and O–H groups in total. The van der Waals surface area contributed by atoms with Gasteiger partial charge in [-0.1, -0.05) is 6.92 Å². The predicted octanol–water partition coefficient (Wildman–Crippen LogP) is 1.37. The summed E-state index contributed by atoms with van der Waals surface area (Å²) >= 11 is 0. The second-order valence-electron chi connectivity index (χ2n) is 6.31. The van der Waals surface area contributed by atoms with Gasteiger partial charge in [0.2, 0.25) is 0 Å². The van der Waals surface area contributed by atoms with Crippen molar-refractivity contribution < 1.29 is 14.7 Å². The number of carboxylic acid groups (broad SMARTS) is 1. The van der Waals surface area contributed by atoms with Crippen molar-refractivity contribution in [2.24, 2.45) is 5.92 Å². The van der Waals surface area contributed by atoms with Crippen molar-refractivity contribution in [2.45, 2.75) is 45.1 Å². The Labute approximate surface area is 126 Å². The molecule has 6 heteroatoms. The van der Waals surface area contributed by atoms with Gasteiger partial charge < -0.3 is 15.3 Å². The number of amides is 2. The Morgan fingerprint density at radius 3 is 2.43 bits per heavy atom. The molecule has 2 aliphatic rings. The van der Waals surface area contributed by atoms with E-state index in [1.165, 1.54) is 12.8 Å². The third kappa shape index (κ3) is 5.53. The monoisotopic (exact) mass is 297 g/mol. The molecule has 1 heterocycles. The van der Waals surface area contributed by atoms with Gasteiger partial charge in [-0.25, -0.2) is 4.79 Å². The highest BCUT2D eigenvalue weighted by molar-refractivity contribution is 5.74. The van der Waals surface area contributed by atoms with Crippen LogP contribution in [0.5, 0.6) is 0 Å². The highest BCUT2D eigenvalue weighted by atomic mass is 16.4. The van der Waals surface area contributed by atoms with Gasteiger partial charge in [0.15, 0.2) is 0 Å². The van der Waals surface area contributed by atoms with Gasteiger partial charge in [-0.3, -0.25) is 9.69 Å². The molecule has 120 valence electrons. The van der Waals surface area contributed by atoms with E-state index >= 15 is 0 Å². The van der Waals surface area contributed by atoms with Gasteiger partial charge in [0.25, 0.3) is 0 Å². The molecule has 0 radical (unpaired) electrons. The van der Waals surface area contributed by atoms with E-state index in [0.717, 1.165) is 38.6 Å². The fourth-order valence-corrected chi connectivity index (χ4v) is 2.78. The van der Waals surface area contributed by atoms with Crippen LogP contribution in [0.15, 0.2) is 0 Å². The maximum absolute atomic E-state index is 12.0. The van der Waals surface area contributed by atoms with Crippen molar-refractivity contribution in [3.63, 3.8) is 0 Å². The molecule has 0 aromatic rings. The molecule has 1 saturated heterocycles. The summed E-state index contributed by atoms with van der Waals surface area (Å²) in [5, 5.41) is 11.6. The van der Waals surface area contributed by atoms with E-state index in [9.17, 15) is 9.59 Å². The number of aliphatic carboxylic acids is 1. The third-order valence-corrected chi connectivity index (χ3v) is 4.43. The van der Waals surface area contributed by atoms with Crippen molar-refractivity contribution >= 4 is 12.0 Å². The van der Waals surface area contributed by atoms with Crippen molar-refractivity contribution in [3.05, 3.63) is 0 Å². The fourth-order valence-electron chi connectivity index (χ4n) is 2.78. The van der Waals surface area contributed by atoms with Crippen LogP contribution in [0, 0.1) is 5.92 Å². The number of urea groups is 1. The van der Waals surface area contributed by atoms with Gasteiger partial charge in [0, 0.05) is 45.2 Å². The van der Waals surface area contributed by atoms with E-state index in [0.29, 0.717) is 18.9 Å². The Morgan fingerprint density at radius 2 is 1.86 bits per heavy atom. The minimum absolute atomic E-state index is 0.0240. The summed E-state index contributed by atoms with van der Waals surface area (Å²) in [6, 6.07) is 0.807. The second-order valence-corrected chi connectivity index (χ2v) is 6.31. The molecule has 2 amide bonds. The topological polar surface area (TPSA) is 72.9 Å². The minimum atomic E-state index is -0.751. The largest absolute Gasteiger partial charge is 0.481 e. The maximum Gasteiger partial charge on any atom is 0.317 e. The minimum Gasteiger partial charge on any atom is -0.481 e. The molecule has 1 aliphatic carbocycles. The molecule has 1 atom stereocenters. The van der Waals surface area contributed by atoms with Gasteiger partial charge in [0.1, 0.15) is 0 Å². The quantitative estimate of drug-likeness (QED) is 0.744. The second kappa shape index (κ2) is 7.64. The SMILES string of the molecule is CC(CCNC(=O)N1CCN(C2CC2)CC1)CCC(=O)O. The number of carbonyl (C=O) groups excluding carboxylic acids is 1. The van der Waals surface area contributed by atoms with Crippen molar-refractivity contribution in [3.8, 4) is 0 Å². The molecule has 0 aromatic heterocycles. The first-order chi connectivity index (χ1) is 10.1. The average molecular weight is 297 g/mol. The molecule has 0 aromatic carbocycles. The summed E-state index contributed by atoms with van der Waals surface area (Å²) in [7, 11) is 0. The average Bonchev–Trinajstić information content (AvgIpc) is 3.30. The van der Waals surface area contributed by atoms with Crippen molar-refractivity contribution in [1.29, 1.82) is 0 Å². The molecule has 0 spiro atoms. The summed E-state index contributed by atoms with van der Waals surface area (Å²) in [5.74, 6) is -0.424. The number of hydrogen-bond acceptors (Lipinski definition) is 3. The van der Waals surface area contributed by atoms with E-state index in [2.05, 4.69) is 10.2 Å². The summed E-state index contributed by atoms with van der Waals surface area (Å²) < 4.78 is 0. The lowest BCUT2D eigenvalue weighted by Crippen LogP contribution is -2.52. The number of carboxylic acids is 1. The number of nitrogens with zero attached hydrogens (tertiary/aromatic N) is 2. The van der Waals surface area contributed by atoms with Gasteiger partial charge in [-0.15, -0.1) is 0 Å². The highest BCUT2D eigenvalue weighted by Crippen LogP contribution is 2.27. The van der Waals surface area contributed by atoms with Gasteiger partial charge in [-0.05, 0) is 31.6 Å². The zero-order valence-corrected chi connectivity index (χ0v) is 12.9. The van der Waals surface area contributed by atoms with Crippen molar-refractivity contribution in [1.82, 2.24) is 15.1 Å². The third-order valence-electron chi connectivity index (χ3n) is 4.43. The lowest BCUT2D eigenvalue weighted by atomic mass is 10.0. The molecule has 21 heavy (non-hydrogen) atoms. The van der Waals surface area contributed by atoms with Crippen LogP contribution in [0.3, 0.4) is 0 Å². The zero-order chi connectivity index (χ0) is 15.2. The van der Waals surface area contributed by atoms with Gasteiger partial charge in [0.05, 0.1) is 0 Å². The number of hydrogen-bond donors (Lipinski definition) is 2. The maximum atomic E-state index is 12.0. The standard InChI is InChI=1S/C15H27N3O3/c1-12(2-5-14(19)20)6-7-16-15(21)18-10-8-17(9-11-18)13-3-4-13/h12-13H,2-11H2,1H3,(H,16,21)(H,19,20). The molecule has 2 rings (SSSR count). The number of carbonyl (C=O) groups is 2. The van der Waals surface area contributed by atoms with Crippen LogP contribution in [0.2, 0.25) is 0 Å². The Kier molecular flexibility index (Phi) is 5.85. The van der Waals surface area contributed by atoms with Crippen LogP contribution >= 0.6 is 0 Å². The van der Waals surface area contributed by atoms with Crippen LogP contribution in [0.4, 0.5) is 4.79 Å². The van der Waals surface area contributed by atoms with Crippen LogP contribution in [0.25, 0.3) is 0 Å². The van der Waals surface area contributed by atoms with Crippen LogP contribution in [-0.4, -0.2) is 65.7 Å². The summed E-state index contributed by atoms with van der Waals surface area (Å²) in [6.45, 7) is 6.28. The molecule has 1 saturated carbocycles. The van der Waals surface area contributed by atoms with E-state index in [1.807, 2.05) is 11.8 Å². The number of nitrogens with one attached hydrogen (secondary N) is 1. The highest BCUT2D eigenvalue weighted by Gasteiger charge is 2.32. The summed E-state index contributed by atoms with van der Waals surface area (Å²) in [5.41, 5.74) is 0. The molecule has 1 unspecified atom stereocenters.